The van der Waals surface area contributed by atoms with E-state index in [0.717, 1.165) is 0 Å². The van der Waals surface area contributed by atoms with Gasteiger partial charge in [-0.1, -0.05) is 0 Å². The number of carboxylic acids is 1. The number of aliphatic hydroxyl groups is 9. The van der Waals surface area contributed by atoms with Crippen LogP contribution in [0.1, 0.15) is 6.42 Å². The fourth-order valence-corrected chi connectivity index (χ4v) is 4.29. The van der Waals surface area contributed by atoms with Crippen molar-refractivity contribution < 1.29 is 84.1 Å². The van der Waals surface area contributed by atoms with Gasteiger partial charge >= 0.3 is 0 Å². The summed E-state index contributed by atoms with van der Waals surface area (Å²) in [6, 6.07) is 0. The van der Waals surface area contributed by atoms with E-state index in [0.29, 0.717) is 0 Å². The topological polar surface area (TPSA) is 276 Å². The van der Waals surface area contributed by atoms with Crippen molar-refractivity contribution in [3.8, 4) is 0 Å². The second kappa shape index (κ2) is 18.1. The number of quaternary nitrogens is 1. The molecule has 1 fully saturated rings. The first-order valence-corrected chi connectivity index (χ1v) is 12.4. The van der Waals surface area contributed by atoms with Crippen molar-refractivity contribution in [2.45, 2.75) is 61.7 Å². The largest absolute Gasteiger partial charge is 0.550 e. The molecule has 9 N–H and O–H groups in total. The van der Waals surface area contributed by atoms with Crippen LogP contribution in [-0.2, 0) is 28.5 Å². The zero-order valence-electron chi connectivity index (χ0n) is 21.4. The highest BCUT2D eigenvalue weighted by Gasteiger charge is 2.47. The Balaban J connectivity index is 3.05. The third kappa shape index (κ3) is 11.2. The monoisotopic (exact) mass is 575 g/mol. The summed E-state index contributed by atoms with van der Waals surface area (Å²) < 4.78 is 21.3. The summed E-state index contributed by atoms with van der Waals surface area (Å²) in [6.45, 7) is -2.92. The normalized spacial score (nSPS) is 27.1. The number of carbonyl (C=O) groups excluding carboxylic acids is 2. The summed E-state index contributed by atoms with van der Waals surface area (Å²) in [5, 5.41) is 99.2. The Morgan fingerprint density at radius 2 is 1.59 bits per heavy atom. The summed E-state index contributed by atoms with van der Waals surface area (Å²) in [5.41, 5.74) is 0. The Kier molecular flexibility index (Phi) is 16.5. The van der Waals surface area contributed by atoms with Crippen molar-refractivity contribution in [1.29, 1.82) is 0 Å². The zero-order chi connectivity index (χ0) is 29.6. The Morgan fingerprint density at radius 1 is 1.00 bits per heavy atom. The van der Waals surface area contributed by atoms with Crippen molar-refractivity contribution in [2.24, 2.45) is 0 Å². The van der Waals surface area contributed by atoms with E-state index in [1.807, 2.05) is 0 Å². The molecule has 1 unspecified atom stereocenters. The molecule has 1 aliphatic rings. The first-order valence-electron chi connectivity index (χ1n) is 12.4. The highest BCUT2D eigenvalue weighted by Crippen LogP contribution is 2.26. The van der Waals surface area contributed by atoms with Crippen LogP contribution in [-0.4, -0.2) is 184 Å². The molecule has 17 heteroatoms. The van der Waals surface area contributed by atoms with Crippen molar-refractivity contribution in [3.63, 3.8) is 0 Å². The lowest BCUT2D eigenvalue weighted by molar-refractivity contribution is -0.931. The Hall–Kier alpha value is -1.42. The van der Waals surface area contributed by atoms with Crippen LogP contribution >= 0.6 is 0 Å². The van der Waals surface area contributed by atoms with Gasteiger partial charge < -0.3 is 84.1 Å². The van der Waals surface area contributed by atoms with E-state index in [2.05, 4.69) is 0 Å². The lowest BCUT2D eigenvalue weighted by Gasteiger charge is -2.43. The van der Waals surface area contributed by atoms with Gasteiger partial charge in [-0.25, -0.2) is 0 Å². The molecule has 0 aromatic rings. The maximum Gasteiger partial charge on any atom is 0.187 e. The molecule has 0 aromatic heterocycles. The van der Waals surface area contributed by atoms with Gasteiger partial charge in [0.25, 0.3) is 0 Å². The molecule has 0 radical (unpaired) electrons. The van der Waals surface area contributed by atoms with Crippen LogP contribution < -0.4 is 5.11 Å². The summed E-state index contributed by atoms with van der Waals surface area (Å²) in [7, 11) is 0. The first-order chi connectivity index (χ1) is 18.5. The van der Waals surface area contributed by atoms with E-state index in [1.54, 1.807) is 0 Å². The number of ether oxygens (including phenoxy) is 4. The summed E-state index contributed by atoms with van der Waals surface area (Å²) in [5.74, 6) is -1.67. The molecule has 0 amide bonds. The minimum absolute atomic E-state index is 0.0657. The van der Waals surface area contributed by atoms with E-state index < -0.39 is 87.5 Å². The van der Waals surface area contributed by atoms with E-state index in [1.165, 1.54) is 0 Å². The van der Waals surface area contributed by atoms with Crippen LogP contribution in [0.5, 0.6) is 0 Å². The average Bonchev–Trinajstić information content (AvgIpc) is 2.87. The molecule has 0 saturated carbocycles. The van der Waals surface area contributed by atoms with E-state index >= 15 is 0 Å². The number of aliphatic hydroxyl groups excluding tert-OH is 9. The molecule has 1 aliphatic heterocycles. The third-order valence-corrected chi connectivity index (χ3v) is 6.27. The van der Waals surface area contributed by atoms with Crippen LogP contribution in [0, 0.1) is 0 Å². The maximum absolute atomic E-state index is 11.7. The number of aldehydes is 1. The number of hydrogen-bond acceptors (Lipinski definition) is 16. The molecule has 230 valence electrons. The van der Waals surface area contributed by atoms with E-state index in [9.17, 15) is 60.7 Å². The maximum atomic E-state index is 11.7. The predicted octanol–water partition coefficient (Wildman–Crippen LogP) is -7.61. The minimum Gasteiger partial charge on any atom is -0.550 e. The quantitative estimate of drug-likeness (QED) is 0.0349. The van der Waals surface area contributed by atoms with Crippen LogP contribution in [0.3, 0.4) is 0 Å². The number of nitrogens with zero attached hydrogens (tertiary/aromatic N) is 1. The molecule has 9 atom stereocenters. The van der Waals surface area contributed by atoms with Crippen LogP contribution in [0.2, 0.25) is 0 Å². The first kappa shape index (κ1) is 35.6. The number of carboxylic acid groups (broad SMARTS) is 1. The number of rotatable bonds is 21. The molecule has 17 nitrogen and oxygen atoms in total. The van der Waals surface area contributed by atoms with Crippen molar-refractivity contribution in [2.75, 3.05) is 65.8 Å². The van der Waals surface area contributed by atoms with Gasteiger partial charge in [-0.15, -0.1) is 0 Å². The number of hydrogen-bond donors (Lipinski definition) is 9. The number of aliphatic carboxylic acids is 1. The fourth-order valence-electron chi connectivity index (χ4n) is 4.29. The zero-order valence-corrected chi connectivity index (χ0v) is 21.4. The fraction of sp³-hybridized carbons (Fsp3) is 0.909. The minimum atomic E-state index is -1.97. The molecular formula is C22H41NO16. The van der Waals surface area contributed by atoms with Gasteiger partial charge in [-0.05, 0) is 0 Å². The SMILES string of the molecule is O=C[C@H](O[C@H]1O[C@H](CO)[C@@H](O)[C@H](O)[C@H]1OCC(O)C[N+](CCO)(CCO)CCO)[C@@H](CO)O[C@H](O)CC(=O)[O-]. The smallest absolute Gasteiger partial charge is 0.187 e. The molecule has 0 bridgehead atoms. The van der Waals surface area contributed by atoms with Gasteiger partial charge in [0.2, 0.25) is 0 Å². The Labute approximate surface area is 224 Å². The highest BCUT2D eigenvalue weighted by molar-refractivity contribution is 5.64. The molecule has 0 spiro atoms. The molecule has 1 heterocycles. The summed E-state index contributed by atoms with van der Waals surface area (Å²) >= 11 is 0. The third-order valence-electron chi connectivity index (χ3n) is 6.27. The second-order valence-electron chi connectivity index (χ2n) is 9.15. The summed E-state index contributed by atoms with van der Waals surface area (Å²) in [6.07, 6.45) is -15.6. The molecule has 1 rings (SSSR count). The van der Waals surface area contributed by atoms with Gasteiger partial charge in [0.05, 0.1) is 39.6 Å². The van der Waals surface area contributed by atoms with Crippen molar-refractivity contribution in [1.82, 2.24) is 0 Å². The second-order valence-corrected chi connectivity index (χ2v) is 9.15. The molecule has 0 aromatic carbocycles. The van der Waals surface area contributed by atoms with Gasteiger partial charge in [0.15, 0.2) is 18.9 Å². The van der Waals surface area contributed by atoms with E-state index in [-0.39, 0.29) is 56.8 Å². The molecule has 0 aliphatic carbocycles. The summed E-state index contributed by atoms with van der Waals surface area (Å²) in [4.78, 5) is 22.4. The standard InChI is InChI=1S/C22H41NO16/c24-4-1-23(2-5-25,3-6-26)8-13(30)12-36-21-20(35)19(34)16(11-29)39-22(21)38-15(10-28)14(9-27)37-18(33)7-17(31)32/h10,13-16,18-22,24-27,29-30,33-35H,1-9,11-12H2/t13?,14-,15+,16-,18+,19-,20+,21-,22+/m1/s1. The Morgan fingerprint density at radius 3 is 2.05 bits per heavy atom. The van der Waals surface area contributed by atoms with Gasteiger partial charge in [-0.2, -0.15) is 0 Å². The molecular weight excluding hydrogens is 534 g/mol. The highest BCUT2D eigenvalue weighted by atomic mass is 16.7. The van der Waals surface area contributed by atoms with Crippen molar-refractivity contribution >= 4 is 12.3 Å². The van der Waals surface area contributed by atoms with Gasteiger partial charge in [0, 0.05) is 12.4 Å². The average molecular weight is 576 g/mol. The lowest BCUT2D eigenvalue weighted by atomic mass is 9.99. The van der Waals surface area contributed by atoms with Crippen LogP contribution in [0.25, 0.3) is 0 Å². The van der Waals surface area contributed by atoms with Gasteiger partial charge in [0.1, 0.15) is 68.9 Å². The molecule has 1 saturated heterocycles. The number of carbonyl (C=O) groups is 2. The Bertz CT molecular complexity index is 684. The van der Waals surface area contributed by atoms with E-state index in [4.69, 9.17) is 18.9 Å². The van der Waals surface area contributed by atoms with Crippen LogP contribution in [0.15, 0.2) is 0 Å². The predicted molar refractivity (Wildman–Crippen MR) is 123 cm³/mol. The van der Waals surface area contributed by atoms with Crippen molar-refractivity contribution in [3.05, 3.63) is 0 Å². The lowest BCUT2D eigenvalue weighted by Crippen LogP contribution is -2.62. The van der Waals surface area contributed by atoms with Crippen LogP contribution in [0.4, 0.5) is 0 Å². The molecule has 39 heavy (non-hydrogen) atoms. The van der Waals surface area contributed by atoms with Gasteiger partial charge in [-0.3, -0.25) is 0 Å².